The van der Waals surface area contributed by atoms with Crippen LogP contribution in [0.4, 0.5) is 0 Å². The van der Waals surface area contributed by atoms with Crippen LogP contribution >= 0.6 is 7.82 Å². The zero-order chi connectivity index (χ0) is 22.5. The minimum atomic E-state index is -4.01. The normalized spacial score (nSPS) is 13.4. The molecule has 1 aromatic heterocycles. The molecule has 0 aliphatic carbocycles. The fourth-order valence-electron chi connectivity index (χ4n) is 3.42. The first-order valence-corrected chi connectivity index (χ1v) is 13.8. The van der Waals surface area contributed by atoms with Gasteiger partial charge >= 0.3 is 7.82 Å². The molecule has 1 N–H and O–H groups in total. The molecule has 0 radical (unpaired) electrons. The third-order valence-electron chi connectivity index (χ3n) is 5.26. The first-order chi connectivity index (χ1) is 15.1. The van der Waals surface area contributed by atoms with Gasteiger partial charge in [-0.1, -0.05) is 90.0 Å². The number of nitrogens with zero attached hydrogens (tertiary/aromatic N) is 1. The van der Waals surface area contributed by atoms with Gasteiger partial charge in [-0.05, 0) is 6.42 Å². The van der Waals surface area contributed by atoms with Crippen LogP contribution in [0.1, 0.15) is 90.4 Å². The van der Waals surface area contributed by atoms with E-state index in [1.54, 1.807) is 0 Å². The number of ether oxygens (including phenoxy) is 1. The van der Waals surface area contributed by atoms with Gasteiger partial charge in [0.25, 0.3) is 0 Å². The molecular weight excluding hydrogens is 413 g/mol. The van der Waals surface area contributed by atoms with Crippen molar-refractivity contribution >= 4 is 7.82 Å². The highest BCUT2D eigenvalue weighted by atomic mass is 31.2. The Morgan fingerprint density at radius 1 is 0.677 bits per heavy atom. The second-order valence-corrected chi connectivity index (χ2v) is 9.56. The van der Waals surface area contributed by atoms with Gasteiger partial charge < -0.3 is 9.63 Å². The Hall–Kier alpha value is -0.780. The molecule has 1 aromatic rings. The molecule has 0 saturated heterocycles. The van der Waals surface area contributed by atoms with Crippen molar-refractivity contribution in [1.82, 2.24) is 0 Å². The zero-order valence-electron chi connectivity index (χ0n) is 19.6. The number of phosphoric acid groups is 1. The Morgan fingerprint density at radius 3 is 1.77 bits per heavy atom. The van der Waals surface area contributed by atoms with Gasteiger partial charge in [0.05, 0.1) is 13.2 Å². The molecule has 180 valence electrons. The second kappa shape index (κ2) is 19.9. The fraction of sp³-hybridized carbons (Fsp3) is 0.792. The quantitative estimate of drug-likeness (QED) is 0.127. The molecule has 31 heavy (non-hydrogen) atoms. The number of aromatic nitrogens is 1. The average Bonchev–Trinajstić information content (AvgIpc) is 2.76. The number of hydrogen-bond acceptors (Lipinski definition) is 4. The average molecular weight is 459 g/mol. The van der Waals surface area contributed by atoms with Crippen LogP contribution in [-0.4, -0.2) is 31.3 Å². The SMILES string of the molecule is CCCCCCCCCCCCCCCOCCOP(=O)(O)OCC[n+]1ccccc1. The van der Waals surface area contributed by atoms with Gasteiger partial charge in [-0.15, -0.1) is 0 Å². The van der Waals surface area contributed by atoms with Gasteiger partial charge in [-0.3, -0.25) is 9.05 Å². The van der Waals surface area contributed by atoms with Crippen molar-refractivity contribution in [2.75, 3.05) is 26.4 Å². The molecular formula is C24H45NO5P+. The number of rotatable bonds is 22. The molecule has 1 rings (SSSR count). The Labute approximate surface area is 189 Å². The summed E-state index contributed by atoms with van der Waals surface area (Å²) in [5.74, 6) is 0. The monoisotopic (exact) mass is 458 g/mol. The van der Waals surface area contributed by atoms with E-state index < -0.39 is 7.82 Å². The third-order valence-corrected chi connectivity index (χ3v) is 6.27. The molecule has 0 aromatic carbocycles. The van der Waals surface area contributed by atoms with E-state index in [1.807, 2.05) is 35.2 Å². The highest BCUT2D eigenvalue weighted by Crippen LogP contribution is 2.42. The first kappa shape index (κ1) is 28.3. The van der Waals surface area contributed by atoms with Gasteiger partial charge in [0.1, 0.15) is 6.61 Å². The van der Waals surface area contributed by atoms with E-state index >= 15 is 0 Å². The molecule has 0 spiro atoms. The molecule has 0 aliphatic rings. The summed E-state index contributed by atoms with van der Waals surface area (Å²) in [4.78, 5) is 9.66. The van der Waals surface area contributed by atoms with Crippen LogP contribution in [0.2, 0.25) is 0 Å². The standard InChI is InChI=1S/C24H44NO5P/c1-2-3-4-5-6-7-8-9-10-11-12-13-17-21-28-23-24-30-31(26,27)29-22-20-25-18-15-14-16-19-25/h14-16,18-19H,2-13,17,20-24H2,1H3/p+1. The van der Waals surface area contributed by atoms with Gasteiger partial charge in [-0.2, -0.15) is 0 Å². The number of hydrogen-bond donors (Lipinski definition) is 1. The lowest BCUT2D eigenvalue weighted by molar-refractivity contribution is -0.697. The largest absolute Gasteiger partial charge is 0.472 e. The first-order valence-electron chi connectivity index (χ1n) is 12.3. The second-order valence-electron chi connectivity index (χ2n) is 8.10. The van der Waals surface area contributed by atoms with Crippen molar-refractivity contribution in [2.24, 2.45) is 0 Å². The van der Waals surface area contributed by atoms with E-state index in [2.05, 4.69) is 6.92 Å². The van der Waals surface area contributed by atoms with Crippen molar-refractivity contribution < 1.29 is 27.8 Å². The molecule has 7 heteroatoms. The number of pyridine rings is 1. The minimum Gasteiger partial charge on any atom is -0.379 e. The summed E-state index contributed by atoms with van der Waals surface area (Å²) in [6, 6.07) is 5.70. The maximum atomic E-state index is 11.8. The summed E-state index contributed by atoms with van der Waals surface area (Å²) < 4.78 is 29.1. The zero-order valence-corrected chi connectivity index (χ0v) is 20.5. The summed E-state index contributed by atoms with van der Waals surface area (Å²) in [5.41, 5.74) is 0. The minimum absolute atomic E-state index is 0.0602. The van der Waals surface area contributed by atoms with Crippen LogP contribution in [0.3, 0.4) is 0 Å². The Morgan fingerprint density at radius 2 is 1.19 bits per heavy atom. The van der Waals surface area contributed by atoms with Gasteiger partial charge in [0, 0.05) is 18.7 Å². The summed E-state index contributed by atoms with van der Waals surface area (Å²) in [6.07, 6.45) is 21.0. The maximum Gasteiger partial charge on any atom is 0.472 e. The van der Waals surface area contributed by atoms with E-state index in [4.69, 9.17) is 13.8 Å². The van der Waals surface area contributed by atoms with E-state index in [0.717, 1.165) is 6.42 Å². The Kier molecular flexibility index (Phi) is 18.1. The van der Waals surface area contributed by atoms with Crippen molar-refractivity contribution in [3.8, 4) is 0 Å². The number of unbranched alkanes of at least 4 members (excludes halogenated alkanes) is 12. The molecule has 1 heterocycles. The predicted molar refractivity (Wildman–Crippen MR) is 125 cm³/mol. The van der Waals surface area contributed by atoms with E-state index in [1.165, 1.54) is 77.0 Å². The Balaban J connectivity index is 1.81. The molecule has 0 bridgehead atoms. The number of phosphoric ester groups is 1. The van der Waals surface area contributed by atoms with Crippen LogP contribution in [0.5, 0.6) is 0 Å². The summed E-state index contributed by atoms with van der Waals surface area (Å²) in [7, 11) is -4.01. The summed E-state index contributed by atoms with van der Waals surface area (Å²) in [6.45, 7) is 3.90. The van der Waals surface area contributed by atoms with Crippen LogP contribution in [0.25, 0.3) is 0 Å². The lowest BCUT2D eigenvalue weighted by Gasteiger charge is -2.11. The lowest BCUT2D eigenvalue weighted by Crippen LogP contribution is -2.34. The molecule has 6 nitrogen and oxygen atoms in total. The van der Waals surface area contributed by atoms with E-state index in [0.29, 0.717) is 19.8 Å². The van der Waals surface area contributed by atoms with Crippen LogP contribution in [0, 0.1) is 0 Å². The van der Waals surface area contributed by atoms with Crippen molar-refractivity contribution in [3.05, 3.63) is 30.6 Å². The van der Waals surface area contributed by atoms with Gasteiger partial charge in [0.2, 0.25) is 0 Å². The highest BCUT2D eigenvalue weighted by Gasteiger charge is 2.21. The Bertz CT molecular complexity index is 558. The lowest BCUT2D eigenvalue weighted by atomic mass is 10.0. The van der Waals surface area contributed by atoms with Crippen LogP contribution < -0.4 is 4.57 Å². The molecule has 1 atom stereocenters. The van der Waals surface area contributed by atoms with Crippen LogP contribution in [-0.2, 0) is 24.9 Å². The molecule has 1 unspecified atom stereocenters. The predicted octanol–water partition coefficient (Wildman–Crippen LogP) is 6.22. The van der Waals surface area contributed by atoms with Crippen LogP contribution in [0.15, 0.2) is 30.6 Å². The highest BCUT2D eigenvalue weighted by molar-refractivity contribution is 7.47. The molecule has 0 amide bonds. The fourth-order valence-corrected chi connectivity index (χ4v) is 4.11. The van der Waals surface area contributed by atoms with Crippen molar-refractivity contribution in [2.45, 2.75) is 96.9 Å². The van der Waals surface area contributed by atoms with E-state index in [9.17, 15) is 9.46 Å². The van der Waals surface area contributed by atoms with Crippen molar-refractivity contribution in [1.29, 1.82) is 0 Å². The van der Waals surface area contributed by atoms with Gasteiger partial charge in [-0.25, -0.2) is 9.13 Å². The van der Waals surface area contributed by atoms with Gasteiger partial charge in [0.15, 0.2) is 18.9 Å². The molecule has 0 fully saturated rings. The van der Waals surface area contributed by atoms with E-state index in [-0.39, 0.29) is 13.2 Å². The smallest absolute Gasteiger partial charge is 0.379 e. The topological polar surface area (TPSA) is 68.9 Å². The third kappa shape index (κ3) is 18.5. The summed E-state index contributed by atoms with van der Waals surface area (Å²) in [5, 5.41) is 0. The van der Waals surface area contributed by atoms with Crippen molar-refractivity contribution in [3.63, 3.8) is 0 Å². The summed E-state index contributed by atoms with van der Waals surface area (Å²) >= 11 is 0. The maximum absolute atomic E-state index is 11.8. The molecule has 0 aliphatic heterocycles. The molecule has 0 saturated carbocycles.